The summed E-state index contributed by atoms with van der Waals surface area (Å²) < 4.78 is 0. The van der Waals surface area contributed by atoms with E-state index in [1.807, 2.05) is 41.8 Å². The van der Waals surface area contributed by atoms with Crippen molar-refractivity contribution in [1.29, 1.82) is 0 Å². The molecule has 0 saturated heterocycles. The van der Waals surface area contributed by atoms with Gasteiger partial charge in [0.05, 0.1) is 10.9 Å². The molecule has 5 aromatic rings. The number of fused-ring (bicyclic) bond motifs is 1. The number of phenolic OH excluding ortho intramolecular Hbond substituents is 1. The van der Waals surface area contributed by atoms with Crippen LogP contribution in [0.3, 0.4) is 0 Å². The van der Waals surface area contributed by atoms with Crippen LogP contribution in [0.1, 0.15) is 0 Å². The van der Waals surface area contributed by atoms with Crippen molar-refractivity contribution in [2.75, 3.05) is 0 Å². The largest absolute Gasteiger partial charge is 0.508 e. The molecule has 146 valence electrons. The minimum absolute atomic E-state index is 0.0289. The molecule has 6 heteroatoms. The smallest absolute Gasteiger partial charge is 0.260 e. The molecule has 5 nitrogen and oxygen atoms in total. The lowest BCUT2D eigenvalue weighted by Crippen LogP contribution is -2.08. The van der Waals surface area contributed by atoms with Crippen LogP contribution in [0.4, 0.5) is 0 Å². The second-order valence-electron chi connectivity index (χ2n) is 6.89. The third kappa shape index (κ3) is 3.03. The summed E-state index contributed by atoms with van der Waals surface area (Å²) in [6, 6.07) is 18.4. The average Bonchev–Trinajstić information content (AvgIpc) is 3.19. The molecule has 0 fully saturated rings. The highest BCUT2D eigenvalue weighted by molar-refractivity contribution is 7.17. The van der Waals surface area contributed by atoms with Crippen LogP contribution >= 0.6 is 11.3 Å². The Morgan fingerprint density at radius 1 is 0.767 bits per heavy atom. The third-order valence-corrected chi connectivity index (χ3v) is 5.98. The molecule has 0 bridgehead atoms. The number of H-pyrrole nitrogens is 1. The quantitative estimate of drug-likeness (QED) is 0.370. The zero-order chi connectivity index (χ0) is 20.7. The van der Waals surface area contributed by atoms with Crippen LogP contribution in [0.25, 0.3) is 43.6 Å². The van der Waals surface area contributed by atoms with Gasteiger partial charge in [-0.05, 0) is 46.5 Å². The second kappa shape index (κ2) is 7.17. The number of nitrogens with zero attached hydrogens (tertiary/aromatic N) is 1. The van der Waals surface area contributed by atoms with E-state index in [0.29, 0.717) is 15.8 Å². The molecule has 0 aliphatic rings. The first-order valence-corrected chi connectivity index (χ1v) is 10.2. The summed E-state index contributed by atoms with van der Waals surface area (Å²) in [4.78, 5) is 20.1. The number of aromatic nitrogens is 2. The van der Waals surface area contributed by atoms with Crippen molar-refractivity contribution in [3.63, 3.8) is 0 Å². The first-order chi connectivity index (χ1) is 14.6. The molecule has 0 amide bonds. The Morgan fingerprint density at radius 3 is 2.03 bits per heavy atom. The van der Waals surface area contributed by atoms with Gasteiger partial charge in [-0.15, -0.1) is 11.3 Å². The number of benzene rings is 2. The molecule has 0 radical (unpaired) electrons. The fourth-order valence-electron chi connectivity index (χ4n) is 3.58. The maximum absolute atomic E-state index is 12.6. The number of hydrogen-bond acceptors (Lipinski definition) is 5. The average molecular weight is 412 g/mol. The highest BCUT2D eigenvalue weighted by Gasteiger charge is 2.18. The van der Waals surface area contributed by atoms with Gasteiger partial charge in [0.1, 0.15) is 16.3 Å². The van der Waals surface area contributed by atoms with Gasteiger partial charge >= 0.3 is 0 Å². The van der Waals surface area contributed by atoms with E-state index in [0.717, 1.165) is 22.3 Å². The molecule has 0 aliphatic heterocycles. The Balaban J connectivity index is 1.63. The van der Waals surface area contributed by atoms with E-state index in [1.165, 1.54) is 11.3 Å². The van der Waals surface area contributed by atoms with Gasteiger partial charge < -0.3 is 15.2 Å². The highest BCUT2D eigenvalue weighted by atomic mass is 32.1. The van der Waals surface area contributed by atoms with E-state index < -0.39 is 0 Å². The van der Waals surface area contributed by atoms with Gasteiger partial charge in [0, 0.05) is 23.3 Å². The number of rotatable bonds is 3. The predicted molar refractivity (Wildman–Crippen MR) is 120 cm³/mol. The van der Waals surface area contributed by atoms with Gasteiger partial charge in [0.15, 0.2) is 0 Å². The second-order valence-corrected chi connectivity index (χ2v) is 7.77. The zero-order valence-electron chi connectivity index (χ0n) is 15.7. The Hall–Kier alpha value is -3.90. The van der Waals surface area contributed by atoms with Gasteiger partial charge in [-0.3, -0.25) is 9.78 Å². The van der Waals surface area contributed by atoms with Crippen molar-refractivity contribution in [1.82, 2.24) is 9.97 Å². The van der Waals surface area contributed by atoms with Gasteiger partial charge in [-0.1, -0.05) is 36.4 Å². The van der Waals surface area contributed by atoms with Crippen LogP contribution in [0.15, 0.2) is 83.2 Å². The fourth-order valence-corrected chi connectivity index (χ4v) is 4.54. The lowest BCUT2D eigenvalue weighted by Gasteiger charge is -2.08. The maximum Gasteiger partial charge on any atom is 0.260 e. The monoisotopic (exact) mass is 412 g/mol. The van der Waals surface area contributed by atoms with E-state index >= 15 is 0 Å². The molecule has 0 aliphatic carbocycles. The molecule has 0 spiro atoms. The van der Waals surface area contributed by atoms with Crippen molar-refractivity contribution >= 4 is 21.6 Å². The minimum atomic E-state index is -0.331. The van der Waals surface area contributed by atoms with E-state index in [-0.39, 0.29) is 22.6 Å². The number of phenols is 1. The van der Waals surface area contributed by atoms with Crippen molar-refractivity contribution in [3.8, 4) is 44.9 Å². The summed E-state index contributed by atoms with van der Waals surface area (Å²) in [6.07, 6.45) is 3.18. The molecule has 3 aromatic heterocycles. The Bertz CT molecular complexity index is 1400. The maximum atomic E-state index is 12.6. The number of nitrogens with one attached hydrogen (secondary N) is 1. The molecule has 30 heavy (non-hydrogen) atoms. The summed E-state index contributed by atoms with van der Waals surface area (Å²) in [7, 11) is 0. The summed E-state index contributed by atoms with van der Waals surface area (Å²) in [5, 5.41) is 23.1. The lowest BCUT2D eigenvalue weighted by atomic mass is 9.98. The standard InChI is InChI=1S/C24H16N2O3S/c27-18-7-5-15(6-8-18)14-1-3-16(4-2-14)19-13-30-24-21(19)22(28)20(23(29)26-24)17-9-11-25-12-10-17/h1-13,27H,(H2,26,28,29). The number of thiophene rings is 1. The van der Waals surface area contributed by atoms with E-state index in [1.54, 1.807) is 36.7 Å². The molecule has 0 saturated carbocycles. The summed E-state index contributed by atoms with van der Waals surface area (Å²) >= 11 is 1.39. The summed E-state index contributed by atoms with van der Waals surface area (Å²) in [5.41, 5.74) is 4.34. The Labute approximate surface area is 175 Å². The third-order valence-electron chi connectivity index (χ3n) is 5.08. The van der Waals surface area contributed by atoms with Crippen LogP contribution in [-0.4, -0.2) is 20.2 Å². The minimum Gasteiger partial charge on any atom is -0.508 e. The first-order valence-electron chi connectivity index (χ1n) is 9.28. The van der Waals surface area contributed by atoms with Crippen LogP contribution < -0.4 is 5.56 Å². The number of aromatic amines is 1. The zero-order valence-corrected chi connectivity index (χ0v) is 16.5. The Morgan fingerprint density at radius 2 is 1.37 bits per heavy atom. The van der Waals surface area contributed by atoms with Crippen molar-refractivity contribution in [3.05, 3.63) is 88.8 Å². The summed E-state index contributed by atoms with van der Waals surface area (Å²) in [6.45, 7) is 0. The van der Waals surface area contributed by atoms with Gasteiger partial charge in [0.25, 0.3) is 5.56 Å². The SMILES string of the molecule is O=c1[nH]c2scc(-c3ccc(-c4ccc(O)cc4)cc3)c2c(O)c1-c1ccncc1. The topological polar surface area (TPSA) is 86.2 Å². The van der Waals surface area contributed by atoms with Crippen LogP contribution in [0.5, 0.6) is 11.5 Å². The van der Waals surface area contributed by atoms with E-state index in [2.05, 4.69) is 9.97 Å². The molecule has 3 N–H and O–H groups in total. The van der Waals surface area contributed by atoms with Crippen molar-refractivity contribution in [2.24, 2.45) is 0 Å². The van der Waals surface area contributed by atoms with Gasteiger partial charge in [-0.2, -0.15) is 0 Å². The molecular formula is C24H16N2O3S. The van der Waals surface area contributed by atoms with Crippen LogP contribution in [0, 0.1) is 0 Å². The number of hydrogen-bond donors (Lipinski definition) is 3. The summed E-state index contributed by atoms with van der Waals surface area (Å²) in [5.74, 6) is 0.202. The normalized spacial score (nSPS) is 11.1. The molecule has 3 heterocycles. The van der Waals surface area contributed by atoms with Crippen molar-refractivity contribution < 1.29 is 10.2 Å². The molecular weight excluding hydrogens is 396 g/mol. The number of aromatic hydroxyl groups is 2. The van der Waals surface area contributed by atoms with Gasteiger partial charge in [-0.25, -0.2) is 0 Å². The Kier molecular flexibility index (Phi) is 4.34. The van der Waals surface area contributed by atoms with Crippen molar-refractivity contribution in [2.45, 2.75) is 0 Å². The van der Waals surface area contributed by atoms with E-state index in [4.69, 9.17) is 0 Å². The van der Waals surface area contributed by atoms with Crippen LogP contribution in [0.2, 0.25) is 0 Å². The van der Waals surface area contributed by atoms with Crippen LogP contribution in [-0.2, 0) is 0 Å². The molecule has 5 rings (SSSR count). The molecule has 0 unspecified atom stereocenters. The van der Waals surface area contributed by atoms with Gasteiger partial charge in [0.2, 0.25) is 0 Å². The molecule has 2 aromatic carbocycles. The predicted octanol–water partition coefficient (Wildman–Crippen LogP) is 5.40. The fraction of sp³-hybridized carbons (Fsp3) is 0. The molecule has 0 atom stereocenters. The lowest BCUT2D eigenvalue weighted by molar-refractivity contribution is 0.475. The first kappa shape index (κ1) is 18.1. The highest BCUT2D eigenvalue weighted by Crippen LogP contribution is 2.41. The number of pyridine rings is 2. The van der Waals surface area contributed by atoms with E-state index in [9.17, 15) is 15.0 Å².